The van der Waals surface area contributed by atoms with Gasteiger partial charge in [-0.2, -0.15) is 4.31 Å². The second-order valence-electron chi connectivity index (χ2n) is 5.96. The summed E-state index contributed by atoms with van der Waals surface area (Å²) < 4.78 is 32.3. The quantitative estimate of drug-likeness (QED) is 0.870. The van der Waals surface area contributed by atoms with Gasteiger partial charge in [0.2, 0.25) is 10.0 Å². The van der Waals surface area contributed by atoms with Crippen molar-refractivity contribution in [3.8, 4) is 5.75 Å². The molecule has 2 aromatic carbocycles. The van der Waals surface area contributed by atoms with E-state index < -0.39 is 10.0 Å². The number of piperazine rings is 1. The molecule has 1 heterocycles. The van der Waals surface area contributed by atoms with Crippen LogP contribution in [-0.2, 0) is 16.6 Å². The highest BCUT2D eigenvalue weighted by Crippen LogP contribution is 2.17. The van der Waals surface area contributed by atoms with E-state index in [9.17, 15) is 8.42 Å². The molecule has 1 N–H and O–H groups in total. The van der Waals surface area contributed by atoms with Crippen LogP contribution in [0.1, 0.15) is 5.56 Å². The minimum atomic E-state index is -3.38. The van der Waals surface area contributed by atoms with Crippen LogP contribution < -0.4 is 9.64 Å². The molecule has 2 aromatic rings. The number of methoxy groups -OCH3 is 1. The Morgan fingerprint density at radius 1 is 1.00 bits per heavy atom. The Labute approximate surface area is 143 Å². The van der Waals surface area contributed by atoms with Crippen molar-refractivity contribution in [3.63, 3.8) is 0 Å². The molecular weight excluding hydrogens is 324 g/mol. The molecule has 1 saturated heterocycles. The first kappa shape index (κ1) is 17.0. The van der Waals surface area contributed by atoms with Crippen molar-refractivity contribution in [2.45, 2.75) is 11.4 Å². The summed E-state index contributed by atoms with van der Waals surface area (Å²) in [6.07, 6.45) is 0. The largest absolute Gasteiger partial charge is 0.496 e. The van der Waals surface area contributed by atoms with Crippen LogP contribution in [0.4, 0.5) is 0 Å². The first-order valence-corrected chi connectivity index (χ1v) is 9.56. The Morgan fingerprint density at radius 3 is 2.29 bits per heavy atom. The number of para-hydroxylation sites is 1. The van der Waals surface area contributed by atoms with Crippen molar-refractivity contribution >= 4 is 10.0 Å². The minimum Gasteiger partial charge on any atom is -0.496 e. The fourth-order valence-electron chi connectivity index (χ4n) is 3.08. The first-order chi connectivity index (χ1) is 11.6. The van der Waals surface area contributed by atoms with Crippen molar-refractivity contribution in [3.05, 3.63) is 60.2 Å². The number of sulfonamides is 1. The third-order valence-corrected chi connectivity index (χ3v) is 6.36. The van der Waals surface area contributed by atoms with Gasteiger partial charge in [0, 0.05) is 5.56 Å². The van der Waals surface area contributed by atoms with Gasteiger partial charge in [0.05, 0.1) is 38.2 Å². The van der Waals surface area contributed by atoms with Crippen LogP contribution in [-0.4, -0.2) is 46.0 Å². The van der Waals surface area contributed by atoms with Crippen LogP contribution in [0.2, 0.25) is 0 Å². The molecule has 1 fully saturated rings. The Kier molecular flexibility index (Phi) is 5.18. The molecule has 6 heteroatoms. The number of benzene rings is 2. The molecular formula is C18H23N2O3S+. The monoisotopic (exact) mass is 347 g/mol. The van der Waals surface area contributed by atoms with Gasteiger partial charge in [0.15, 0.2) is 0 Å². The summed E-state index contributed by atoms with van der Waals surface area (Å²) in [6.45, 7) is 3.53. The number of nitrogens with one attached hydrogen (secondary N) is 1. The lowest BCUT2D eigenvalue weighted by molar-refractivity contribution is -0.917. The molecule has 0 saturated carbocycles. The Bertz CT molecular complexity index is 770. The van der Waals surface area contributed by atoms with Gasteiger partial charge in [-0.15, -0.1) is 0 Å². The second kappa shape index (κ2) is 7.34. The summed E-state index contributed by atoms with van der Waals surface area (Å²) in [4.78, 5) is 1.75. The van der Waals surface area contributed by atoms with Gasteiger partial charge in [0.1, 0.15) is 12.3 Å². The van der Waals surface area contributed by atoms with Gasteiger partial charge >= 0.3 is 0 Å². The smallest absolute Gasteiger partial charge is 0.243 e. The third-order valence-electron chi connectivity index (χ3n) is 4.44. The maximum Gasteiger partial charge on any atom is 0.243 e. The highest BCUT2D eigenvalue weighted by molar-refractivity contribution is 7.89. The molecule has 24 heavy (non-hydrogen) atoms. The molecule has 1 aliphatic rings. The van der Waals surface area contributed by atoms with Crippen LogP contribution in [0.25, 0.3) is 0 Å². The average Bonchev–Trinajstić information content (AvgIpc) is 2.63. The maximum absolute atomic E-state index is 12.6. The first-order valence-electron chi connectivity index (χ1n) is 8.12. The third kappa shape index (κ3) is 3.61. The summed E-state index contributed by atoms with van der Waals surface area (Å²) in [5.41, 5.74) is 1.16. The van der Waals surface area contributed by atoms with Crippen LogP contribution in [0, 0.1) is 0 Å². The summed E-state index contributed by atoms with van der Waals surface area (Å²) in [5.74, 6) is 0.893. The lowest BCUT2D eigenvalue weighted by Crippen LogP contribution is -3.13. The van der Waals surface area contributed by atoms with Gasteiger partial charge in [0.25, 0.3) is 0 Å². The highest BCUT2D eigenvalue weighted by atomic mass is 32.2. The topological polar surface area (TPSA) is 51.1 Å². The number of quaternary nitrogens is 1. The molecule has 0 radical (unpaired) electrons. The van der Waals surface area contributed by atoms with Gasteiger partial charge in [-0.05, 0) is 24.3 Å². The van der Waals surface area contributed by atoms with Gasteiger partial charge in [-0.3, -0.25) is 0 Å². The van der Waals surface area contributed by atoms with Crippen LogP contribution in [0.3, 0.4) is 0 Å². The SMILES string of the molecule is COc1ccccc1C[NH+]1CCN(S(=O)(=O)c2ccccc2)CC1. The fraction of sp³-hybridized carbons (Fsp3) is 0.333. The van der Waals surface area contributed by atoms with Crippen molar-refractivity contribution < 1.29 is 18.1 Å². The van der Waals surface area contributed by atoms with E-state index in [1.54, 1.807) is 35.7 Å². The van der Waals surface area contributed by atoms with E-state index in [-0.39, 0.29) is 0 Å². The molecule has 0 atom stereocenters. The maximum atomic E-state index is 12.6. The Morgan fingerprint density at radius 2 is 1.62 bits per heavy atom. The van der Waals surface area contributed by atoms with Gasteiger partial charge in [-0.1, -0.05) is 30.3 Å². The van der Waals surface area contributed by atoms with E-state index in [0.29, 0.717) is 18.0 Å². The van der Waals surface area contributed by atoms with Crippen LogP contribution in [0.5, 0.6) is 5.75 Å². The normalized spacial score (nSPS) is 16.9. The van der Waals surface area contributed by atoms with Gasteiger partial charge < -0.3 is 9.64 Å². The molecule has 0 spiro atoms. The Balaban J connectivity index is 1.64. The molecule has 3 rings (SSSR count). The van der Waals surface area contributed by atoms with Crippen molar-refractivity contribution in [2.75, 3.05) is 33.3 Å². The number of ether oxygens (including phenoxy) is 1. The predicted octanol–water partition coefficient (Wildman–Crippen LogP) is 0.785. The molecule has 5 nitrogen and oxygen atoms in total. The van der Waals surface area contributed by atoms with Gasteiger partial charge in [-0.25, -0.2) is 8.42 Å². The van der Waals surface area contributed by atoms with E-state index in [2.05, 4.69) is 6.07 Å². The second-order valence-corrected chi connectivity index (χ2v) is 7.89. The predicted molar refractivity (Wildman–Crippen MR) is 92.6 cm³/mol. The number of hydrogen-bond donors (Lipinski definition) is 1. The van der Waals surface area contributed by atoms with E-state index in [0.717, 1.165) is 30.9 Å². The van der Waals surface area contributed by atoms with E-state index in [4.69, 9.17) is 4.74 Å². The summed E-state index contributed by atoms with van der Waals surface area (Å²) in [5, 5.41) is 0. The lowest BCUT2D eigenvalue weighted by Gasteiger charge is -2.31. The molecule has 1 aliphatic heterocycles. The summed E-state index contributed by atoms with van der Waals surface area (Å²) in [6, 6.07) is 16.7. The zero-order valence-electron chi connectivity index (χ0n) is 13.8. The minimum absolute atomic E-state index is 0.373. The number of nitrogens with zero attached hydrogens (tertiary/aromatic N) is 1. The standard InChI is InChI=1S/C18H22N2O3S/c1-23-18-10-6-5-7-16(18)15-19-11-13-20(14-12-19)24(21,22)17-8-3-2-4-9-17/h2-10H,11-15H2,1H3/p+1. The van der Waals surface area contributed by atoms with Crippen LogP contribution >= 0.6 is 0 Å². The van der Waals surface area contributed by atoms with E-state index >= 15 is 0 Å². The fourth-order valence-corrected chi connectivity index (χ4v) is 4.54. The van der Waals surface area contributed by atoms with Crippen molar-refractivity contribution in [1.82, 2.24) is 4.31 Å². The van der Waals surface area contributed by atoms with Crippen LogP contribution in [0.15, 0.2) is 59.5 Å². The summed E-state index contributed by atoms with van der Waals surface area (Å²) >= 11 is 0. The molecule has 0 aliphatic carbocycles. The molecule has 0 bridgehead atoms. The zero-order chi connectivity index (χ0) is 17.0. The molecule has 128 valence electrons. The lowest BCUT2D eigenvalue weighted by atomic mass is 10.2. The average molecular weight is 347 g/mol. The highest BCUT2D eigenvalue weighted by Gasteiger charge is 2.30. The molecule has 0 amide bonds. The summed E-state index contributed by atoms with van der Waals surface area (Å²) in [7, 11) is -1.70. The molecule has 0 aromatic heterocycles. The number of hydrogen-bond acceptors (Lipinski definition) is 3. The van der Waals surface area contributed by atoms with E-state index in [1.165, 1.54) is 4.90 Å². The van der Waals surface area contributed by atoms with E-state index in [1.807, 2.05) is 24.3 Å². The van der Waals surface area contributed by atoms with Crippen molar-refractivity contribution in [2.24, 2.45) is 0 Å². The Hall–Kier alpha value is -1.89. The number of rotatable bonds is 5. The molecule has 0 unspecified atom stereocenters. The van der Waals surface area contributed by atoms with Crippen molar-refractivity contribution in [1.29, 1.82) is 0 Å². The zero-order valence-corrected chi connectivity index (χ0v) is 14.6.